The molecule has 0 unspecified atom stereocenters. The van der Waals surface area contributed by atoms with Crippen molar-refractivity contribution in [3.63, 3.8) is 0 Å². The quantitative estimate of drug-likeness (QED) is 0.497. The number of fused-ring (bicyclic) bond motifs is 1. The Morgan fingerprint density at radius 2 is 1.67 bits per heavy atom. The monoisotopic (exact) mass is 278 g/mol. The molecular formula is C17H14N2O2. The van der Waals surface area contributed by atoms with E-state index in [2.05, 4.69) is 5.32 Å². The van der Waals surface area contributed by atoms with Crippen LogP contribution in [0.1, 0.15) is 10.4 Å². The summed E-state index contributed by atoms with van der Waals surface area (Å²) in [4.78, 5) is 12.2. The van der Waals surface area contributed by atoms with Crippen molar-refractivity contribution in [1.82, 2.24) is 0 Å². The minimum atomic E-state index is -0.312. The first kappa shape index (κ1) is 13.0. The number of nitrogens with two attached hydrogens (primary N) is 1. The largest absolute Gasteiger partial charge is 0.505 e. The maximum absolute atomic E-state index is 12.2. The molecule has 3 aromatic rings. The predicted octanol–water partition coefficient (Wildman–Crippen LogP) is 3.38. The molecule has 0 radical (unpaired) electrons. The molecule has 0 saturated carbocycles. The van der Waals surface area contributed by atoms with Crippen molar-refractivity contribution in [3.05, 3.63) is 66.2 Å². The summed E-state index contributed by atoms with van der Waals surface area (Å²) < 4.78 is 0. The number of rotatable bonds is 2. The van der Waals surface area contributed by atoms with E-state index in [1.54, 1.807) is 36.4 Å². The van der Waals surface area contributed by atoms with Crippen LogP contribution < -0.4 is 11.1 Å². The lowest BCUT2D eigenvalue weighted by Crippen LogP contribution is -2.13. The first-order valence-electron chi connectivity index (χ1n) is 6.53. The second-order valence-corrected chi connectivity index (χ2v) is 4.73. The van der Waals surface area contributed by atoms with Gasteiger partial charge >= 0.3 is 0 Å². The number of phenols is 1. The number of nitrogen functional groups attached to an aromatic ring is 1. The van der Waals surface area contributed by atoms with Gasteiger partial charge < -0.3 is 16.2 Å². The molecule has 0 heterocycles. The van der Waals surface area contributed by atoms with Crippen LogP contribution in [0.2, 0.25) is 0 Å². The highest BCUT2D eigenvalue weighted by Crippen LogP contribution is 2.37. The first-order chi connectivity index (χ1) is 10.2. The van der Waals surface area contributed by atoms with E-state index < -0.39 is 0 Å². The molecule has 0 aliphatic heterocycles. The molecule has 0 aliphatic carbocycles. The summed E-state index contributed by atoms with van der Waals surface area (Å²) in [5.41, 5.74) is 7.01. The molecule has 104 valence electrons. The van der Waals surface area contributed by atoms with Crippen LogP contribution in [0.15, 0.2) is 60.7 Å². The zero-order valence-corrected chi connectivity index (χ0v) is 11.2. The van der Waals surface area contributed by atoms with Gasteiger partial charge in [-0.1, -0.05) is 42.5 Å². The van der Waals surface area contributed by atoms with Crippen molar-refractivity contribution in [2.75, 3.05) is 11.1 Å². The van der Waals surface area contributed by atoms with Crippen LogP contribution in [0.4, 0.5) is 11.4 Å². The zero-order valence-electron chi connectivity index (χ0n) is 11.2. The average Bonchev–Trinajstić information content (AvgIpc) is 2.52. The minimum absolute atomic E-state index is 0.0186. The summed E-state index contributed by atoms with van der Waals surface area (Å²) in [6, 6.07) is 17.8. The number of aromatic hydroxyl groups is 1. The molecule has 0 spiro atoms. The highest BCUT2D eigenvalue weighted by atomic mass is 16.3. The smallest absolute Gasteiger partial charge is 0.255 e. The maximum Gasteiger partial charge on any atom is 0.255 e. The van der Waals surface area contributed by atoms with Crippen molar-refractivity contribution < 1.29 is 9.90 Å². The molecule has 0 saturated heterocycles. The number of benzene rings is 3. The lowest BCUT2D eigenvalue weighted by molar-refractivity contribution is 0.102. The van der Waals surface area contributed by atoms with Crippen LogP contribution in [0, 0.1) is 0 Å². The highest BCUT2D eigenvalue weighted by molar-refractivity contribution is 6.10. The van der Waals surface area contributed by atoms with E-state index in [-0.39, 0.29) is 17.3 Å². The van der Waals surface area contributed by atoms with E-state index in [0.29, 0.717) is 16.6 Å². The summed E-state index contributed by atoms with van der Waals surface area (Å²) in [7, 11) is 0. The Labute approximate surface area is 121 Å². The number of anilines is 2. The van der Waals surface area contributed by atoms with Crippen molar-refractivity contribution >= 4 is 28.1 Å². The number of phenolic OH excluding ortho intramolecular Hbond substituents is 1. The molecule has 4 N–H and O–H groups in total. The molecule has 4 nitrogen and oxygen atoms in total. The van der Waals surface area contributed by atoms with Crippen LogP contribution in [0.25, 0.3) is 10.8 Å². The number of amides is 1. The van der Waals surface area contributed by atoms with Crippen LogP contribution >= 0.6 is 0 Å². The van der Waals surface area contributed by atoms with E-state index in [1.807, 2.05) is 24.3 Å². The van der Waals surface area contributed by atoms with Gasteiger partial charge in [0.2, 0.25) is 0 Å². The molecule has 0 atom stereocenters. The Bertz CT molecular complexity index is 814. The number of hydrogen-bond acceptors (Lipinski definition) is 3. The third kappa shape index (κ3) is 2.39. The van der Waals surface area contributed by atoms with Crippen molar-refractivity contribution in [1.29, 1.82) is 0 Å². The second kappa shape index (κ2) is 5.17. The normalized spacial score (nSPS) is 10.5. The number of carbonyl (C=O) groups is 1. The standard InChI is InChI=1S/C17H14N2O2/c18-14-10-12-8-4-5-9-13(12)16(20)15(14)19-17(21)11-6-2-1-3-7-11/h1-10,20H,18H2,(H,19,21). The lowest BCUT2D eigenvalue weighted by atomic mass is 10.1. The van der Waals surface area contributed by atoms with Gasteiger partial charge in [0, 0.05) is 10.9 Å². The molecular weight excluding hydrogens is 264 g/mol. The molecule has 1 amide bonds. The first-order valence-corrected chi connectivity index (χ1v) is 6.53. The topological polar surface area (TPSA) is 75.3 Å². The fourth-order valence-electron chi connectivity index (χ4n) is 2.26. The van der Waals surface area contributed by atoms with E-state index in [4.69, 9.17) is 5.73 Å². The fraction of sp³-hybridized carbons (Fsp3) is 0. The molecule has 3 rings (SSSR count). The van der Waals surface area contributed by atoms with Gasteiger partial charge in [0.05, 0.1) is 5.69 Å². The van der Waals surface area contributed by atoms with Crippen LogP contribution in [0.3, 0.4) is 0 Å². The van der Waals surface area contributed by atoms with Gasteiger partial charge in [-0.05, 0) is 23.6 Å². The summed E-state index contributed by atoms with van der Waals surface area (Å²) in [5, 5.41) is 14.5. The zero-order chi connectivity index (χ0) is 14.8. The number of carbonyl (C=O) groups excluding carboxylic acids is 1. The van der Waals surface area contributed by atoms with E-state index in [0.717, 1.165) is 5.39 Å². The highest BCUT2D eigenvalue weighted by Gasteiger charge is 2.14. The number of hydrogen-bond donors (Lipinski definition) is 3. The van der Waals surface area contributed by atoms with Gasteiger partial charge in [0.25, 0.3) is 5.91 Å². The van der Waals surface area contributed by atoms with E-state index >= 15 is 0 Å². The molecule has 0 fully saturated rings. The predicted molar refractivity (Wildman–Crippen MR) is 84.4 cm³/mol. The van der Waals surface area contributed by atoms with Gasteiger partial charge in [-0.15, -0.1) is 0 Å². The SMILES string of the molecule is Nc1cc2ccccc2c(O)c1NC(=O)c1ccccc1. The molecule has 21 heavy (non-hydrogen) atoms. The van der Waals surface area contributed by atoms with Gasteiger partial charge in [-0.2, -0.15) is 0 Å². The Balaban J connectivity index is 2.03. The van der Waals surface area contributed by atoms with Crippen molar-refractivity contribution in [2.24, 2.45) is 0 Å². The van der Waals surface area contributed by atoms with E-state index in [1.165, 1.54) is 0 Å². The van der Waals surface area contributed by atoms with Crippen molar-refractivity contribution in [2.45, 2.75) is 0 Å². The van der Waals surface area contributed by atoms with E-state index in [9.17, 15) is 9.90 Å². The lowest BCUT2D eigenvalue weighted by Gasteiger charge is -2.12. The van der Waals surface area contributed by atoms with Gasteiger partial charge in [0.15, 0.2) is 0 Å². The summed E-state index contributed by atoms with van der Waals surface area (Å²) in [6.45, 7) is 0. The van der Waals surface area contributed by atoms with Crippen LogP contribution in [-0.2, 0) is 0 Å². The number of nitrogens with one attached hydrogen (secondary N) is 1. The van der Waals surface area contributed by atoms with Crippen molar-refractivity contribution in [3.8, 4) is 5.75 Å². The average molecular weight is 278 g/mol. The Hall–Kier alpha value is -3.01. The van der Waals surface area contributed by atoms with Gasteiger partial charge in [-0.25, -0.2) is 0 Å². The summed E-state index contributed by atoms with van der Waals surface area (Å²) in [6.07, 6.45) is 0. The summed E-state index contributed by atoms with van der Waals surface area (Å²) in [5.74, 6) is -0.331. The Kier molecular flexibility index (Phi) is 3.20. The van der Waals surface area contributed by atoms with Crippen LogP contribution in [-0.4, -0.2) is 11.0 Å². The van der Waals surface area contributed by atoms with Gasteiger partial charge in [0.1, 0.15) is 11.4 Å². The summed E-state index contributed by atoms with van der Waals surface area (Å²) >= 11 is 0. The minimum Gasteiger partial charge on any atom is -0.505 e. The third-order valence-electron chi connectivity index (χ3n) is 3.33. The van der Waals surface area contributed by atoms with Crippen LogP contribution in [0.5, 0.6) is 5.75 Å². The third-order valence-corrected chi connectivity index (χ3v) is 3.33. The molecule has 0 aliphatic rings. The Morgan fingerprint density at radius 3 is 2.43 bits per heavy atom. The Morgan fingerprint density at radius 1 is 1.00 bits per heavy atom. The molecule has 0 bridgehead atoms. The molecule has 3 aromatic carbocycles. The molecule has 0 aromatic heterocycles. The second-order valence-electron chi connectivity index (χ2n) is 4.73. The maximum atomic E-state index is 12.2. The van der Waals surface area contributed by atoms with Gasteiger partial charge in [-0.3, -0.25) is 4.79 Å². The fourth-order valence-corrected chi connectivity index (χ4v) is 2.26. The molecule has 4 heteroatoms.